The molecule has 0 aliphatic rings. The first-order valence-corrected chi connectivity index (χ1v) is 30.5. The Morgan fingerprint density at radius 3 is 1.10 bits per heavy atom. The first-order chi connectivity index (χ1) is 38.2. The number of ether oxygens (including phenoxy) is 3. The Morgan fingerprint density at radius 1 is 0.372 bits per heavy atom. The van der Waals surface area contributed by atoms with Crippen LogP contribution >= 0.6 is 7.82 Å². The Balaban J connectivity index is 4.94. The fraction of sp³-hybridized carbons (Fsp3) is 0.530. The van der Waals surface area contributed by atoms with E-state index < -0.39 is 57.8 Å². The summed E-state index contributed by atoms with van der Waals surface area (Å²) >= 11 is 0. The molecular weight excluding hydrogens is 1000 g/mol. The molecule has 2 N–H and O–H groups in total. The van der Waals surface area contributed by atoms with Gasteiger partial charge in [-0.05, 0) is 122 Å². The molecule has 11 nitrogen and oxygen atoms in total. The number of allylic oxidation sites excluding steroid dienone is 27. The van der Waals surface area contributed by atoms with Crippen LogP contribution in [-0.4, -0.2) is 66.5 Å². The van der Waals surface area contributed by atoms with E-state index in [0.29, 0.717) is 25.7 Å². The van der Waals surface area contributed by atoms with Crippen LogP contribution in [0.25, 0.3) is 0 Å². The number of hydrogen-bond acceptors (Lipinski definition) is 10. The second-order valence-corrected chi connectivity index (χ2v) is 19.8. The van der Waals surface area contributed by atoms with Gasteiger partial charge in [0.15, 0.2) is 6.10 Å². The minimum Gasteiger partial charge on any atom is -0.462 e. The molecule has 0 saturated carbocycles. The van der Waals surface area contributed by atoms with E-state index >= 15 is 0 Å². The van der Waals surface area contributed by atoms with Crippen molar-refractivity contribution in [3.63, 3.8) is 0 Å². The molecule has 0 aromatic heterocycles. The number of carbonyl (C=O) groups is 3. The quantitative estimate of drug-likeness (QED) is 0.0197. The minimum absolute atomic E-state index is 0.0681. The van der Waals surface area contributed by atoms with Gasteiger partial charge >= 0.3 is 25.7 Å². The topological polar surface area (TPSA) is 155 Å². The molecule has 78 heavy (non-hydrogen) atoms. The number of aliphatic hydroxyl groups excluding tert-OH is 1. The average Bonchev–Trinajstić information content (AvgIpc) is 3.43. The van der Waals surface area contributed by atoms with Crippen LogP contribution in [-0.2, 0) is 42.2 Å². The normalized spacial score (nSPS) is 14.6. The molecule has 436 valence electrons. The van der Waals surface area contributed by atoms with E-state index in [2.05, 4.69) is 154 Å². The van der Waals surface area contributed by atoms with E-state index in [1.807, 2.05) is 30.4 Å². The third-order valence-electron chi connectivity index (χ3n) is 11.1. The lowest BCUT2D eigenvalue weighted by Crippen LogP contribution is -2.30. The maximum Gasteiger partial charge on any atom is 0.472 e. The van der Waals surface area contributed by atoms with Gasteiger partial charge in [0.2, 0.25) is 0 Å². The fourth-order valence-corrected chi connectivity index (χ4v) is 7.65. The first kappa shape index (κ1) is 72.8. The number of aliphatic hydroxyl groups is 1. The highest BCUT2D eigenvalue weighted by atomic mass is 31.2. The van der Waals surface area contributed by atoms with Crippen LogP contribution in [0.1, 0.15) is 188 Å². The summed E-state index contributed by atoms with van der Waals surface area (Å²) in [7, 11) is -4.81. The number of phosphoric acid groups is 1. The smallest absolute Gasteiger partial charge is 0.462 e. The predicted molar refractivity (Wildman–Crippen MR) is 325 cm³/mol. The van der Waals surface area contributed by atoms with E-state index in [9.17, 15) is 28.9 Å². The zero-order valence-corrected chi connectivity index (χ0v) is 48.9. The number of hydrogen-bond donors (Lipinski definition) is 2. The zero-order valence-electron chi connectivity index (χ0n) is 48.0. The van der Waals surface area contributed by atoms with Crippen molar-refractivity contribution in [1.29, 1.82) is 0 Å². The van der Waals surface area contributed by atoms with Gasteiger partial charge in [-0.3, -0.25) is 23.4 Å². The number of phosphoric ester groups is 1. The standard InChI is InChI=1S/C66H101O11P/c1-4-7-10-13-16-19-22-25-28-30-31-33-35-37-40-43-46-49-52-55-64(68)73-59-63(77-66(70)57-54-51-48-45-42-39-36-32-29-26-23-20-17-14-11-8-5-2)61-75-78(71,72)74-60-62(58-67)76-65(69)56-53-50-47-44-41-38-34-27-24-21-18-15-12-9-6-3/h7-12,16-21,25-29,31,33-34,36,39,41,44-45,48,50,53,62-63,67H,4-6,13-15,22-24,30,32,35,37-38,40,42-43,46-47,49,51-52,54-61H2,1-3H3,(H,71,72)/b10-7-,11-8-,12-9-,19-16-,20-17-,21-18-,28-25-,29-26-,33-31-,34-27-,39-36-,44-41-,48-45-,53-50-. The lowest BCUT2D eigenvalue weighted by molar-refractivity contribution is -0.161. The van der Waals surface area contributed by atoms with Crippen molar-refractivity contribution in [2.75, 3.05) is 26.4 Å². The van der Waals surface area contributed by atoms with Crippen molar-refractivity contribution in [2.45, 2.75) is 200 Å². The molecular formula is C66H101O11P. The number of carbonyl (C=O) groups excluding carboxylic acids is 3. The fourth-order valence-electron chi connectivity index (χ4n) is 6.87. The van der Waals surface area contributed by atoms with Crippen LogP contribution in [0, 0.1) is 0 Å². The van der Waals surface area contributed by atoms with Crippen LogP contribution in [0.5, 0.6) is 0 Å². The highest BCUT2D eigenvalue weighted by Crippen LogP contribution is 2.43. The molecule has 0 fully saturated rings. The summed E-state index contributed by atoms with van der Waals surface area (Å²) in [5, 5.41) is 9.80. The Hall–Kier alpha value is -5.16. The van der Waals surface area contributed by atoms with Crippen molar-refractivity contribution in [3.05, 3.63) is 170 Å². The number of esters is 3. The molecule has 0 amide bonds. The van der Waals surface area contributed by atoms with Crippen molar-refractivity contribution in [1.82, 2.24) is 0 Å². The molecule has 3 atom stereocenters. The maximum atomic E-state index is 12.9. The minimum atomic E-state index is -4.81. The van der Waals surface area contributed by atoms with Gasteiger partial charge in [0, 0.05) is 12.8 Å². The van der Waals surface area contributed by atoms with E-state index in [-0.39, 0.29) is 25.9 Å². The number of unbranched alkanes of at least 4 members (excludes halogenated alkanes) is 7. The van der Waals surface area contributed by atoms with Crippen LogP contribution in [0.4, 0.5) is 0 Å². The van der Waals surface area contributed by atoms with Crippen molar-refractivity contribution >= 4 is 25.7 Å². The van der Waals surface area contributed by atoms with E-state index in [1.165, 1.54) is 0 Å². The van der Waals surface area contributed by atoms with E-state index in [1.54, 1.807) is 6.08 Å². The van der Waals surface area contributed by atoms with Crippen molar-refractivity contribution in [3.8, 4) is 0 Å². The summed E-state index contributed by atoms with van der Waals surface area (Å²) in [6.07, 6.45) is 77.8. The van der Waals surface area contributed by atoms with E-state index in [4.69, 9.17) is 23.3 Å². The van der Waals surface area contributed by atoms with Crippen LogP contribution < -0.4 is 0 Å². The summed E-state index contributed by atoms with van der Waals surface area (Å²) < 4.78 is 39.3. The highest BCUT2D eigenvalue weighted by Gasteiger charge is 2.28. The van der Waals surface area contributed by atoms with Crippen LogP contribution in [0.3, 0.4) is 0 Å². The van der Waals surface area contributed by atoms with Gasteiger partial charge in [-0.2, -0.15) is 0 Å². The summed E-state index contributed by atoms with van der Waals surface area (Å²) in [4.78, 5) is 48.5. The molecule has 0 aromatic rings. The van der Waals surface area contributed by atoms with Gasteiger partial charge in [0.25, 0.3) is 0 Å². The number of rotatable bonds is 51. The zero-order chi connectivity index (χ0) is 56.9. The molecule has 12 heteroatoms. The summed E-state index contributed by atoms with van der Waals surface area (Å²) in [5.74, 6) is -1.71. The lowest BCUT2D eigenvalue weighted by atomic mass is 10.1. The Kier molecular flexibility index (Phi) is 54.2. The van der Waals surface area contributed by atoms with Gasteiger partial charge in [0.1, 0.15) is 12.7 Å². The summed E-state index contributed by atoms with van der Waals surface area (Å²) in [5.41, 5.74) is 0. The third-order valence-corrected chi connectivity index (χ3v) is 12.1. The molecule has 0 bridgehead atoms. The first-order valence-electron chi connectivity index (χ1n) is 29.0. The molecule has 0 aromatic carbocycles. The second-order valence-electron chi connectivity index (χ2n) is 18.3. The average molecular weight is 1100 g/mol. The van der Waals surface area contributed by atoms with Crippen molar-refractivity contribution < 1.29 is 52.2 Å². The molecule has 0 spiro atoms. The maximum absolute atomic E-state index is 12.9. The Bertz CT molecular complexity index is 1960. The monoisotopic (exact) mass is 1100 g/mol. The van der Waals surface area contributed by atoms with Gasteiger partial charge in [-0.15, -0.1) is 0 Å². The third kappa shape index (κ3) is 55.6. The van der Waals surface area contributed by atoms with Gasteiger partial charge < -0.3 is 24.2 Å². The van der Waals surface area contributed by atoms with Crippen LogP contribution in [0.2, 0.25) is 0 Å². The summed E-state index contributed by atoms with van der Waals surface area (Å²) in [6, 6.07) is 0. The van der Waals surface area contributed by atoms with Crippen LogP contribution in [0.15, 0.2) is 170 Å². The SMILES string of the molecule is CC/C=C\C/C=C\C/C=C\C/C=C\C/C=C\CCCC(=O)OC(COC(=O)CCCCCCCC/C=C\C/C=C\C/C=C\C/C=C\CC)COP(=O)(O)OCC(CO)OC(=O)C/C=C\C/C=C\C/C=C\C/C=C\C/C=C\CC. The molecule has 0 radical (unpaired) electrons. The molecule has 0 rings (SSSR count). The van der Waals surface area contributed by atoms with E-state index in [0.717, 1.165) is 122 Å². The molecule has 3 unspecified atom stereocenters. The Morgan fingerprint density at radius 2 is 0.692 bits per heavy atom. The highest BCUT2D eigenvalue weighted by molar-refractivity contribution is 7.47. The largest absolute Gasteiger partial charge is 0.472 e. The summed E-state index contributed by atoms with van der Waals surface area (Å²) in [6.45, 7) is 4.08. The van der Waals surface area contributed by atoms with Gasteiger partial charge in [0.05, 0.1) is 26.2 Å². The second kappa shape index (κ2) is 58.0. The molecule has 0 aliphatic heterocycles. The van der Waals surface area contributed by atoms with Crippen molar-refractivity contribution in [2.24, 2.45) is 0 Å². The van der Waals surface area contributed by atoms with Gasteiger partial charge in [-0.25, -0.2) is 4.57 Å². The van der Waals surface area contributed by atoms with Gasteiger partial charge in [-0.1, -0.05) is 217 Å². The lowest BCUT2D eigenvalue weighted by Gasteiger charge is -2.21. The Labute approximate surface area is 472 Å². The molecule has 0 saturated heterocycles. The predicted octanol–water partition coefficient (Wildman–Crippen LogP) is 17.5. The molecule has 0 heterocycles. The molecule has 0 aliphatic carbocycles.